The van der Waals surface area contributed by atoms with Gasteiger partial charge in [-0.1, -0.05) is 18.3 Å². The first kappa shape index (κ1) is 11.7. The van der Waals surface area contributed by atoms with Crippen LogP contribution in [-0.2, 0) is 0 Å². The molecule has 14 heavy (non-hydrogen) atoms. The molecular formula is C9H17N3S2. The van der Waals surface area contributed by atoms with Gasteiger partial charge in [0.1, 0.15) is 5.00 Å². The molecule has 0 aromatic carbocycles. The Balaban J connectivity index is 2.66. The van der Waals surface area contributed by atoms with Crippen molar-refractivity contribution < 1.29 is 0 Å². The van der Waals surface area contributed by atoms with E-state index >= 15 is 0 Å². The van der Waals surface area contributed by atoms with Crippen LogP contribution < -0.4 is 10.6 Å². The van der Waals surface area contributed by atoms with E-state index in [2.05, 4.69) is 30.1 Å². The molecule has 1 aromatic rings. The van der Waals surface area contributed by atoms with Crippen molar-refractivity contribution in [2.45, 2.75) is 19.4 Å². The molecule has 1 aromatic heterocycles. The van der Waals surface area contributed by atoms with E-state index in [0.717, 1.165) is 22.3 Å². The van der Waals surface area contributed by atoms with Gasteiger partial charge < -0.3 is 10.6 Å². The summed E-state index contributed by atoms with van der Waals surface area (Å²) in [6, 6.07) is 0.551. The Hall–Kier alpha value is -0.420. The minimum absolute atomic E-state index is 0.551. The number of hydrogen-bond donors (Lipinski definition) is 1. The van der Waals surface area contributed by atoms with Gasteiger partial charge in [0.05, 0.1) is 6.20 Å². The van der Waals surface area contributed by atoms with Crippen molar-refractivity contribution in [3.63, 3.8) is 0 Å². The number of thiazole rings is 1. The van der Waals surface area contributed by atoms with E-state index in [9.17, 15) is 0 Å². The maximum Gasteiger partial charge on any atom is 0.187 e. The summed E-state index contributed by atoms with van der Waals surface area (Å²) < 4.78 is 0. The summed E-state index contributed by atoms with van der Waals surface area (Å²) in [6.07, 6.45) is 4.99. The van der Waals surface area contributed by atoms with Gasteiger partial charge in [0.25, 0.3) is 0 Å². The van der Waals surface area contributed by atoms with E-state index in [1.807, 2.05) is 11.8 Å². The molecule has 0 aliphatic carbocycles. The molecule has 0 aliphatic rings. The molecule has 0 saturated carbocycles. The van der Waals surface area contributed by atoms with Crippen LogP contribution in [0.1, 0.15) is 13.3 Å². The Bertz CT molecular complexity index is 275. The van der Waals surface area contributed by atoms with E-state index in [0.29, 0.717) is 6.04 Å². The van der Waals surface area contributed by atoms with Crippen LogP contribution in [-0.4, -0.2) is 30.1 Å². The minimum atomic E-state index is 0.551. The van der Waals surface area contributed by atoms with Gasteiger partial charge in [-0.2, -0.15) is 11.8 Å². The van der Waals surface area contributed by atoms with Gasteiger partial charge in [-0.3, -0.25) is 0 Å². The van der Waals surface area contributed by atoms with E-state index in [1.165, 1.54) is 0 Å². The summed E-state index contributed by atoms with van der Waals surface area (Å²) in [5.41, 5.74) is 5.66. The van der Waals surface area contributed by atoms with Gasteiger partial charge >= 0.3 is 0 Å². The summed E-state index contributed by atoms with van der Waals surface area (Å²) in [4.78, 5) is 6.50. The molecule has 0 saturated heterocycles. The molecular weight excluding hydrogens is 214 g/mol. The molecule has 0 spiro atoms. The van der Waals surface area contributed by atoms with Crippen LogP contribution >= 0.6 is 23.1 Å². The average Bonchev–Trinajstić information content (AvgIpc) is 2.60. The number of anilines is 2. The Morgan fingerprint density at radius 3 is 2.86 bits per heavy atom. The Kier molecular flexibility index (Phi) is 4.54. The van der Waals surface area contributed by atoms with Crippen LogP contribution in [0.3, 0.4) is 0 Å². The second kappa shape index (κ2) is 5.46. The Morgan fingerprint density at radius 1 is 1.71 bits per heavy atom. The molecule has 3 nitrogen and oxygen atoms in total. The van der Waals surface area contributed by atoms with Gasteiger partial charge in [0.15, 0.2) is 5.13 Å². The number of nitrogens with zero attached hydrogens (tertiary/aromatic N) is 2. The highest BCUT2D eigenvalue weighted by atomic mass is 32.2. The van der Waals surface area contributed by atoms with E-state index in [-0.39, 0.29) is 0 Å². The highest BCUT2D eigenvalue weighted by molar-refractivity contribution is 7.98. The molecule has 5 heteroatoms. The molecule has 1 atom stereocenters. The van der Waals surface area contributed by atoms with Crippen molar-refractivity contribution in [3.05, 3.63) is 6.20 Å². The summed E-state index contributed by atoms with van der Waals surface area (Å²) in [5.74, 6) is 1.13. The Morgan fingerprint density at radius 2 is 2.43 bits per heavy atom. The lowest BCUT2D eigenvalue weighted by molar-refractivity contribution is 0.671. The number of nitrogens with two attached hydrogens (primary N) is 1. The third kappa shape index (κ3) is 2.78. The van der Waals surface area contributed by atoms with Crippen LogP contribution in [0.15, 0.2) is 6.20 Å². The summed E-state index contributed by atoms with van der Waals surface area (Å²) in [6.45, 7) is 2.20. The van der Waals surface area contributed by atoms with Crippen LogP contribution in [0.2, 0.25) is 0 Å². The number of nitrogen functional groups attached to an aromatic ring is 1. The molecule has 1 heterocycles. The molecule has 0 radical (unpaired) electrons. The third-order valence-electron chi connectivity index (χ3n) is 2.19. The predicted octanol–water partition coefficient (Wildman–Crippen LogP) is 2.30. The second-order valence-electron chi connectivity index (χ2n) is 3.17. The van der Waals surface area contributed by atoms with Crippen molar-refractivity contribution in [1.82, 2.24) is 4.98 Å². The van der Waals surface area contributed by atoms with E-state index < -0.39 is 0 Å². The molecule has 0 amide bonds. The van der Waals surface area contributed by atoms with Crippen molar-refractivity contribution in [2.75, 3.05) is 29.7 Å². The van der Waals surface area contributed by atoms with Gasteiger partial charge in [-0.15, -0.1) is 0 Å². The summed E-state index contributed by atoms with van der Waals surface area (Å²) in [7, 11) is 2.09. The van der Waals surface area contributed by atoms with Crippen LogP contribution in [0.25, 0.3) is 0 Å². The van der Waals surface area contributed by atoms with Crippen molar-refractivity contribution in [3.8, 4) is 0 Å². The summed E-state index contributed by atoms with van der Waals surface area (Å²) >= 11 is 3.42. The maximum absolute atomic E-state index is 5.66. The third-order valence-corrected chi connectivity index (χ3v) is 3.83. The van der Waals surface area contributed by atoms with Crippen LogP contribution in [0.4, 0.5) is 10.1 Å². The quantitative estimate of drug-likeness (QED) is 0.844. The normalized spacial score (nSPS) is 12.8. The molecule has 0 fully saturated rings. The molecule has 0 bridgehead atoms. The maximum atomic E-state index is 5.66. The lowest BCUT2D eigenvalue weighted by Crippen LogP contribution is -2.32. The van der Waals surface area contributed by atoms with Gasteiger partial charge in [0.2, 0.25) is 0 Å². The Labute approximate surface area is 93.7 Å². The monoisotopic (exact) mass is 231 g/mol. The standard InChI is InChI=1S/C9H17N3S2/c1-4-7(6-13-3)12(2)9-11-5-8(10)14-9/h5,7H,4,6,10H2,1-3H3. The lowest BCUT2D eigenvalue weighted by atomic mass is 10.2. The largest absolute Gasteiger partial charge is 0.389 e. The highest BCUT2D eigenvalue weighted by Gasteiger charge is 2.15. The molecule has 2 N–H and O–H groups in total. The van der Waals surface area contributed by atoms with Crippen molar-refractivity contribution in [2.24, 2.45) is 0 Å². The van der Waals surface area contributed by atoms with E-state index in [1.54, 1.807) is 17.5 Å². The molecule has 80 valence electrons. The molecule has 0 aliphatic heterocycles. The van der Waals surface area contributed by atoms with Gasteiger partial charge in [-0.25, -0.2) is 4.98 Å². The first-order chi connectivity index (χ1) is 6.69. The first-order valence-electron chi connectivity index (χ1n) is 4.62. The zero-order valence-corrected chi connectivity index (χ0v) is 10.5. The molecule has 1 unspecified atom stereocenters. The second-order valence-corrected chi connectivity index (χ2v) is 5.12. The lowest BCUT2D eigenvalue weighted by Gasteiger charge is -2.25. The SMILES string of the molecule is CCC(CSC)N(C)c1ncc(N)s1. The predicted molar refractivity (Wildman–Crippen MR) is 67.4 cm³/mol. The zero-order chi connectivity index (χ0) is 10.6. The zero-order valence-electron chi connectivity index (χ0n) is 8.86. The van der Waals surface area contributed by atoms with Crippen LogP contribution in [0, 0.1) is 0 Å². The van der Waals surface area contributed by atoms with Crippen molar-refractivity contribution in [1.29, 1.82) is 0 Å². The van der Waals surface area contributed by atoms with Gasteiger partial charge in [0, 0.05) is 18.8 Å². The topological polar surface area (TPSA) is 42.2 Å². The fourth-order valence-electron chi connectivity index (χ4n) is 1.29. The van der Waals surface area contributed by atoms with E-state index in [4.69, 9.17) is 5.73 Å². The molecule has 1 rings (SSSR count). The smallest absolute Gasteiger partial charge is 0.187 e. The fraction of sp³-hybridized carbons (Fsp3) is 0.667. The number of aromatic nitrogens is 1. The first-order valence-corrected chi connectivity index (χ1v) is 6.83. The fourth-order valence-corrected chi connectivity index (χ4v) is 2.85. The summed E-state index contributed by atoms with van der Waals surface area (Å²) in [5, 5.41) is 1.80. The van der Waals surface area contributed by atoms with Gasteiger partial charge in [-0.05, 0) is 12.7 Å². The van der Waals surface area contributed by atoms with Crippen LogP contribution in [0.5, 0.6) is 0 Å². The highest BCUT2D eigenvalue weighted by Crippen LogP contribution is 2.25. The number of thioether (sulfide) groups is 1. The number of rotatable bonds is 5. The number of hydrogen-bond acceptors (Lipinski definition) is 5. The van der Waals surface area contributed by atoms with Crippen molar-refractivity contribution >= 4 is 33.2 Å². The minimum Gasteiger partial charge on any atom is -0.389 e. The average molecular weight is 231 g/mol.